The van der Waals surface area contributed by atoms with Crippen molar-refractivity contribution in [2.75, 3.05) is 7.11 Å². The summed E-state index contributed by atoms with van der Waals surface area (Å²) in [6.07, 6.45) is 1.34. The van der Waals surface area contributed by atoms with E-state index in [1.807, 2.05) is 0 Å². The summed E-state index contributed by atoms with van der Waals surface area (Å²) in [6, 6.07) is 12.4. The van der Waals surface area contributed by atoms with E-state index in [1.165, 1.54) is 31.4 Å². The van der Waals surface area contributed by atoms with Gasteiger partial charge >= 0.3 is 12.6 Å². The number of hydrogen-bond acceptors (Lipinski definition) is 5. The molecule has 0 N–H and O–H groups in total. The lowest BCUT2D eigenvalue weighted by atomic mass is 10.1. The van der Waals surface area contributed by atoms with Crippen molar-refractivity contribution in [3.05, 3.63) is 64.2 Å². The Morgan fingerprint density at radius 3 is 2.56 bits per heavy atom. The van der Waals surface area contributed by atoms with Gasteiger partial charge in [-0.3, -0.25) is 0 Å². The quantitative estimate of drug-likeness (QED) is 0.390. The van der Waals surface area contributed by atoms with E-state index in [0.29, 0.717) is 11.3 Å². The first kappa shape index (κ1) is 20.2. The standard InChI is InChI=1S/C19H14ClF2NO4/c1-25-16-5-2-12(3-6-16)8-13(10-23)18(24)26-11-14-9-15(20)4-7-17(14)27-19(21)22/h2-9,19H,11H2,1H3. The fourth-order valence-electron chi connectivity index (χ4n) is 2.10. The first-order valence-corrected chi connectivity index (χ1v) is 7.97. The predicted molar refractivity (Wildman–Crippen MR) is 94.5 cm³/mol. The van der Waals surface area contributed by atoms with Crippen LogP contribution in [0.5, 0.6) is 11.5 Å². The lowest BCUT2D eigenvalue weighted by molar-refractivity contribution is -0.139. The van der Waals surface area contributed by atoms with E-state index >= 15 is 0 Å². The highest BCUT2D eigenvalue weighted by Crippen LogP contribution is 2.25. The number of rotatable bonds is 7. The van der Waals surface area contributed by atoms with E-state index in [9.17, 15) is 18.8 Å². The summed E-state index contributed by atoms with van der Waals surface area (Å²) in [4.78, 5) is 12.1. The maximum absolute atomic E-state index is 12.5. The molecule has 0 atom stereocenters. The first-order valence-electron chi connectivity index (χ1n) is 7.59. The van der Waals surface area contributed by atoms with Gasteiger partial charge in [0.25, 0.3) is 0 Å². The molecule has 0 radical (unpaired) electrons. The zero-order valence-electron chi connectivity index (χ0n) is 14.1. The molecule has 0 aliphatic heterocycles. The zero-order valence-corrected chi connectivity index (χ0v) is 14.9. The van der Waals surface area contributed by atoms with Gasteiger partial charge in [0.1, 0.15) is 29.7 Å². The number of nitrogens with zero attached hydrogens (tertiary/aromatic N) is 1. The second kappa shape index (κ2) is 9.55. The van der Waals surface area contributed by atoms with Crippen LogP contribution in [0, 0.1) is 11.3 Å². The van der Waals surface area contributed by atoms with Gasteiger partial charge < -0.3 is 14.2 Å². The average Bonchev–Trinajstić information content (AvgIpc) is 2.66. The minimum absolute atomic E-state index is 0.151. The summed E-state index contributed by atoms with van der Waals surface area (Å²) in [7, 11) is 1.52. The summed E-state index contributed by atoms with van der Waals surface area (Å²) >= 11 is 5.83. The average molecular weight is 394 g/mol. The van der Waals surface area contributed by atoms with E-state index < -0.39 is 12.6 Å². The van der Waals surface area contributed by atoms with Crippen molar-refractivity contribution in [2.24, 2.45) is 0 Å². The monoisotopic (exact) mass is 393 g/mol. The molecular formula is C19H14ClF2NO4. The van der Waals surface area contributed by atoms with Crippen molar-refractivity contribution in [2.45, 2.75) is 13.2 Å². The van der Waals surface area contributed by atoms with Crippen LogP contribution in [-0.4, -0.2) is 19.7 Å². The Morgan fingerprint density at radius 1 is 1.26 bits per heavy atom. The van der Waals surface area contributed by atoms with Crippen molar-refractivity contribution in [1.29, 1.82) is 5.26 Å². The van der Waals surface area contributed by atoms with Crippen LogP contribution < -0.4 is 9.47 Å². The maximum atomic E-state index is 12.5. The van der Waals surface area contributed by atoms with Crippen LogP contribution in [0.25, 0.3) is 6.08 Å². The van der Waals surface area contributed by atoms with Gasteiger partial charge in [-0.2, -0.15) is 14.0 Å². The molecule has 5 nitrogen and oxygen atoms in total. The van der Waals surface area contributed by atoms with Crippen LogP contribution in [-0.2, 0) is 16.1 Å². The molecule has 0 saturated heterocycles. The summed E-state index contributed by atoms with van der Waals surface area (Å²) in [5.41, 5.74) is 0.491. The van der Waals surface area contributed by atoms with Crippen molar-refractivity contribution in [1.82, 2.24) is 0 Å². The maximum Gasteiger partial charge on any atom is 0.387 e. The fraction of sp³-hybridized carbons (Fsp3) is 0.158. The third-order valence-electron chi connectivity index (χ3n) is 3.36. The molecule has 27 heavy (non-hydrogen) atoms. The normalized spacial score (nSPS) is 11.0. The smallest absolute Gasteiger partial charge is 0.387 e. The highest BCUT2D eigenvalue weighted by Gasteiger charge is 2.15. The van der Waals surface area contributed by atoms with Crippen molar-refractivity contribution < 1.29 is 27.8 Å². The molecule has 0 fully saturated rings. The molecule has 0 aliphatic carbocycles. The van der Waals surface area contributed by atoms with Gasteiger partial charge in [0.2, 0.25) is 0 Å². The summed E-state index contributed by atoms with van der Waals surface area (Å²) in [5, 5.41) is 9.45. The number of methoxy groups -OCH3 is 1. The SMILES string of the molecule is COc1ccc(C=C(C#N)C(=O)OCc2cc(Cl)ccc2OC(F)F)cc1. The van der Waals surface area contributed by atoms with Gasteiger partial charge in [0, 0.05) is 10.6 Å². The predicted octanol–water partition coefficient (Wildman–Crippen LogP) is 4.60. The number of ether oxygens (including phenoxy) is 3. The van der Waals surface area contributed by atoms with Crippen LogP contribution in [0.15, 0.2) is 48.0 Å². The van der Waals surface area contributed by atoms with E-state index in [0.717, 1.165) is 0 Å². The molecule has 0 heterocycles. The number of alkyl halides is 2. The molecule has 0 bridgehead atoms. The molecule has 0 aliphatic rings. The van der Waals surface area contributed by atoms with E-state index in [1.54, 1.807) is 30.3 Å². The molecule has 0 spiro atoms. The van der Waals surface area contributed by atoms with Gasteiger partial charge in [-0.15, -0.1) is 0 Å². The van der Waals surface area contributed by atoms with Gasteiger partial charge in [0.15, 0.2) is 0 Å². The molecule has 0 aromatic heterocycles. The number of benzene rings is 2. The zero-order chi connectivity index (χ0) is 19.8. The number of nitriles is 1. The second-order valence-electron chi connectivity index (χ2n) is 5.15. The van der Waals surface area contributed by atoms with Crippen molar-refractivity contribution in [3.63, 3.8) is 0 Å². The number of carbonyl (C=O) groups excluding carboxylic acids is 1. The Hall–Kier alpha value is -3.11. The molecule has 140 valence electrons. The third kappa shape index (κ3) is 5.97. The lowest BCUT2D eigenvalue weighted by Crippen LogP contribution is -2.09. The van der Waals surface area contributed by atoms with Crippen molar-refractivity contribution in [3.8, 4) is 17.6 Å². The van der Waals surface area contributed by atoms with Crippen LogP contribution in [0.4, 0.5) is 8.78 Å². The van der Waals surface area contributed by atoms with Gasteiger partial charge in [0.05, 0.1) is 7.11 Å². The summed E-state index contributed by atoms with van der Waals surface area (Å²) < 4.78 is 39.3. The molecule has 8 heteroatoms. The Morgan fingerprint density at radius 2 is 1.96 bits per heavy atom. The summed E-state index contributed by atoms with van der Waals surface area (Å²) in [5.74, 6) is -0.447. The highest BCUT2D eigenvalue weighted by atomic mass is 35.5. The minimum Gasteiger partial charge on any atom is -0.497 e. The topological polar surface area (TPSA) is 68.5 Å². The Bertz CT molecular complexity index is 876. The second-order valence-corrected chi connectivity index (χ2v) is 5.59. The van der Waals surface area contributed by atoms with Gasteiger partial charge in [-0.25, -0.2) is 4.79 Å². The van der Waals surface area contributed by atoms with Crippen LogP contribution in [0.3, 0.4) is 0 Å². The molecule has 2 rings (SSSR count). The molecule has 2 aromatic rings. The lowest BCUT2D eigenvalue weighted by Gasteiger charge is -2.11. The van der Waals surface area contributed by atoms with Crippen LogP contribution in [0.1, 0.15) is 11.1 Å². The third-order valence-corrected chi connectivity index (χ3v) is 3.60. The summed E-state index contributed by atoms with van der Waals surface area (Å²) in [6.45, 7) is -3.42. The van der Waals surface area contributed by atoms with E-state index in [4.69, 9.17) is 21.1 Å². The highest BCUT2D eigenvalue weighted by molar-refractivity contribution is 6.30. The number of hydrogen-bond donors (Lipinski definition) is 0. The number of halogens is 3. The van der Waals surface area contributed by atoms with E-state index in [2.05, 4.69) is 4.74 Å². The van der Waals surface area contributed by atoms with Gasteiger partial charge in [-0.1, -0.05) is 23.7 Å². The Labute approximate surface area is 159 Å². The van der Waals surface area contributed by atoms with Crippen LogP contribution >= 0.6 is 11.6 Å². The molecule has 0 unspecified atom stereocenters. The number of carbonyl (C=O) groups is 1. The molecule has 0 amide bonds. The number of esters is 1. The van der Waals surface area contributed by atoms with Crippen molar-refractivity contribution >= 4 is 23.6 Å². The largest absolute Gasteiger partial charge is 0.497 e. The van der Waals surface area contributed by atoms with E-state index in [-0.39, 0.29) is 28.5 Å². The fourth-order valence-corrected chi connectivity index (χ4v) is 2.29. The first-order chi connectivity index (χ1) is 12.9. The Kier molecular flexibility index (Phi) is 7.15. The molecular weight excluding hydrogens is 380 g/mol. The van der Waals surface area contributed by atoms with Crippen LogP contribution in [0.2, 0.25) is 5.02 Å². The molecule has 0 saturated carbocycles. The minimum atomic E-state index is -3.04. The Balaban J connectivity index is 2.12. The molecule has 2 aromatic carbocycles. The van der Waals surface area contributed by atoms with Gasteiger partial charge in [-0.05, 0) is 42.0 Å².